The van der Waals surface area contributed by atoms with E-state index in [-0.39, 0.29) is 18.3 Å². The molecule has 5 heteroatoms. The molecule has 1 aromatic carbocycles. The second-order valence-corrected chi connectivity index (χ2v) is 5.28. The molecule has 116 valence electrons. The number of hydrogen-bond donors (Lipinski definition) is 1. The highest BCUT2D eigenvalue weighted by Gasteiger charge is 2.19. The van der Waals surface area contributed by atoms with Crippen LogP contribution in [-0.2, 0) is 11.3 Å². The number of halogens is 1. The molecule has 2 rings (SSSR count). The average Bonchev–Trinajstić information content (AvgIpc) is 3.01. The van der Waals surface area contributed by atoms with Gasteiger partial charge in [0, 0.05) is 25.2 Å². The van der Waals surface area contributed by atoms with Crippen molar-refractivity contribution in [3.05, 3.63) is 29.6 Å². The molecule has 0 spiro atoms. The number of hydrogen-bond acceptors (Lipinski definition) is 3. The van der Waals surface area contributed by atoms with Gasteiger partial charge in [0.25, 0.3) is 5.91 Å². The van der Waals surface area contributed by atoms with Crippen molar-refractivity contribution in [2.75, 3.05) is 26.2 Å². The number of para-hydroxylation sites is 1. The molecule has 0 unspecified atom stereocenters. The number of nitrogens with zero attached hydrogens (tertiary/aromatic N) is 1. The van der Waals surface area contributed by atoms with Crippen molar-refractivity contribution in [1.82, 2.24) is 10.2 Å². The molecule has 1 aliphatic heterocycles. The van der Waals surface area contributed by atoms with Gasteiger partial charge in [-0.3, -0.25) is 4.79 Å². The molecule has 0 radical (unpaired) electrons. The van der Waals surface area contributed by atoms with E-state index in [4.69, 9.17) is 4.74 Å². The lowest BCUT2D eigenvalue weighted by atomic mass is 10.2. The van der Waals surface area contributed by atoms with Gasteiger partial charge in [0.2, 0.25) is 0 Å². The summed E-state index contributed by atoms with van der Waals surface area (Å²) in [4.78, 5) is 13.7. The van der Waals surface area contributed by atoms with E-state index in [0.29, 0.717) is 6.54 Å². The highest BCUT2D eigenvalue weighted by atomic mass is 19.1. The van der Waals surface area contributed by atoms with Gasteiger partial charge in [0.1, 0.15) is 0 Å². The van der Waals surface area contributed by atoms with Crippen LogP contribution in [0.3, 0.4) is 0 Å². The van der Waals surface area contributed by atoms with E-state index in [9.17, 15) is 9.18 Å². The van der Waals surface area contributed by atoms with Crippen molar-refractivity contribution in [2.45, 2.75) is 32.7 Å². The number of ether oxygens (including phenoxy) is 1. The molecule has 1 heterocycles. The number of carbonyl (C=O) groups excluding carboxylic acids is 1. The number of benzene rings is 1. The highest BCUT2D eigenvalue weighted by molar-refractivity contribution is 5.78. The molecule has 0 atom stereocenters. The summed E-state index contributed by atoms with van der Waals surface area (Å²) >= 11 is 0. The molecule has 4 nitrogen and oxygen atoms in total. The van der Waals surface area contributed by atoms with Crippen LogP contribution in [0.25, 0.3) is 0 Å². The first-order valence-corrected chi connectivity index (χ1v) is 7.61. The lowest BCUT2D eigenvalue weighted by Crippen LogP contribution is -2.32. The van der Waals surface area contributed by atoms with Crippen molar-refractivity contribution >= 4 is 5.91 Å². The third kappa shape index (κ3) is 4.43. The molecule has 1 N–H and O–H groups in total. The summed E-state index contributed by atoms with van der Waals surface area (Å²) in [5.74, 6) is -0.295. The van der Waals surface area contributed by atoms with Crippen LogP contribution in [0.15, 0.2) is 18.2 Å². The number of carbonyl (C=O) groups is 1. The van der Waals surface area contributed by atoms with Gasteiger partial charge in [-0.15, -0.1) is 0 Å². The summed E-state index contributed by atoms with van der Waals surface area (Å²) in [6.45, 7) is 4.95. The minimum atomic E-state index is -0.417. The Balaban J connectivity index is 1.95. The molecule has 1 fully saturated rings. The van der Waals surface area contributed by atoms with E-state index < -0.39 is 5.82 Å². The summed E-state index contributed by atoms with van der Waals surface area (Å²) in [5, 5.41) is 3.22. The minimum absolute atomic E-state index is 0.0665. The van der Waals surface area contributed by atoms with E-state index in [2.05, 4.69) is 12.2 Å². The van der Waals surface area contributed by atoms with Crippen LogP contribution in [0.4, 0.5) is 4.39 Å². The monoisotopic (exact) mass is 294 g/mol. The largest absolute Gasteiger partial charge is 0.480 e. The molecule has 1 saturated heterocycles. The van der Waals surface area contributed by atoms with Gasteiger partial charge < -0.3 is 15.0 Å². The van der Waals surface area contributed by atoms with Crippen LogP contribution in [0.5, 0.6) is 5.75 Å². The first-order chi connectivity index (χ1) is 10.2. The highest BCUT2D eigenvalue weighted by Crippen LogP contribution is 2.23. The number of rotatable bonds is 7. The molecule has 1 aromatic rings. The van der Waals surface area contributed by atoms with Crippen molar-refractivity contribution in [3.8, 4) is 5.75 Å². The zero-order valence-electron chi connectivity index (χ0n) is 12.5. The average molecular weight is 294 g/mol. The fourth-order valence-electron chi connectivity index (χ4n) is 2.45. The number of nitrogens with one attached hydrogen (secondary N) is 1. The predicted octanol–water partition coefficient (Wildman–Crippen LogP) is 2.33. The summed E-state index contributed by atoms with van der Waals surface area (Å²) < 4.78 is 19.4. The van der Waals surface area contributed by atoms with Gasteiger partial charge in [-0.05, 0) is 31.9 Å². The Hall–Kier alpha value is -1.62. The van der Waals surface area contributed by atoms with E-state index in [1.165, 1.54) is 6.07 Å². The molecule has 0 saturated carbocycles. The molecular formula is C16H23FN2O2. The third-order valence-electron chi connectivity index (χ3n) is 3.59. The summed E-state index contributed by atoms with van der Waals surface area (Å²) in [6, 6.07) is 4.84. The minimum Gasteiger partial charge on any atom is -0.480 e. The fourth-order valence-corrected chi connectivity index (χ4v) is 2.45. The standard InChI is InChI=1S/C16H23FN2O2/c1-2-8-18-11-13-6-5-7-14(17)16(13)21-12-15(20)19-9-3-4-10-19/h5-7,18H,2-4,8-12H2,1H3. The first kappa shape index (κ1) is 15.8. The van der Waals surface area contributed by atoms with Crippen LogP contribution >= 0.6 is 0 Å². The Labute approximate surface area is 125 Å². The lowest BCUT2D eigenvalue weighted by molar-refractivity contribution is -0.132. The Morgan fingerprint density at radius 1 is 1.38 bits per heavy atom. The second kappa shape index (κ2) is 7.98. The van der Waals surface area contributed by atoms with Crippen LogP contribution in [-0.4, -0.2) is 37.0 Å². The van der Waals surface area contributed by atoms with Crippen LogP contribution in [0.1, 0.15) is 31.7 Å². The van der Waals surface area contributed by atoms with Crippen molar-refractivity contribution < 1.29 is 13.9 Å². The Bertz CT molecular complexity index is 473. The normalized spacial score (nSPS) is 14.5. The molecule has 21 heavy (non-hydrogen) atoms. The van der Waals surface area contributed by atoms with E-state index in [0.717, 1.165) is 44.5 Å². The topological polar surface area (TPSA) is 41.6 Å². The van der Waals surface area contributed by atoms with Crippen LogP contribution in [0.2, 0.25) is 0 Å². The molecular weight excluding hydrogens is 271 g/mol. The number of likely N-dealkylation sites (tertiary alicyclic amines) is 1. The quantitative estimate of drug-likeness (QED) is 0.785. The molecule has 0 aliphatic carbocycles. The SMILES string of the molecule is CCCNCc1cccc(F)c1OCC(=O)N1CCCC1. The second-order valence-electron chi connectivity index (χ2n) is 5.28. The van der Waals surface area contributed by atoms with Crippen molar-refractivity contribution in [3.63, 3.8) is 0 Å². The Morgan fingerprint density at radius 3 is 2.86 bits per heavy atom. The molecule has 1 amide bonds. The predicted molar refractivity (Wildman–Crippen MR) is 79.7 cm³/mol. The molecule has 0 aromatic heterocycles. The van der Waals surface area contributed by atoms with Gasteiger partial charge in [0.05, 0.1) is 0 Å². The maximum Gasteiger partial charge on any atom is 0.260 e. The van der Waals surface area contributed by atoms with E-state index >= 15 is 0 Å². The molecule has 1 aliphatic rings. The van der Waals surface area contributed by atoms with Crippen molar-refractivity contribution in [2.24, 2.45) is 0 Å². The lowest BCUT2D eigenvalue weighted by Gasteiger charge is -2.17. The number of amides is 1. The fraction of sp³-hybridized carbons (Fsp3) is 0.562. The van der Waals surface area contributed by atoms with Gasteiger partial charge in [-0.2, -0.15) is 0 Å². The molecule has 0 bridgehead atoms. The third-order valence-corrected chi connectivity index (χ3v) is 3.59. The van der Waals surface area contributed by atoms with E-state index in [1.54, 1.807) is 11.0 Å². The van der Waals surface area contributed by atoms with E-state index in [1.807, 2.05) is 6.07 Å². The van der Waals surface area contributed by atoms with Crippen LogP contribution in [0, 0.1) is 5.82 Å². The van der Waals surface area contributed by atoms with Gasteiger partial charge >= 0.3 is 0 Å². The summed E-state index contributed by atoms with van der Waals surface area (Å²) in [6.07, 6.45) is 3.09. The summed E-state index contributed by atoms with van der Waals surface area (Å²) in [5.41, 5.74) is 0.748. The Kier molecular flexibility index (Phi) is 5.99. The zero-order chi connectivity index (χ0) is 15.1. The Morgan fingerprint density at radius 2 is 2.14 bits per heavy atom. The maximum absolute atomic E-state index is 13.9. The summed E-state index contributed by atoms with van der Waals surface area (Å²) in [7, 11) is 0. The van der Waals surface area contributed by atoms with Crippen molar-refractivity contribution in [1.29, 1.82) is 0 Å². The van der Waals surface area contributed by atoms with Gasteiger partial charge in [-0.25, -0.2) is 4.39 Å². The maximum atomic E-state index is 13.9. The van der Waals surface area contributed by atoms with Gasteiger partial charge in [-0.1, -0.05) is 19.1 Å². The first-order valence-electron chi connectivity index (χ1n) is 7.61. The smallest absolute Gasteiger partial charge is 0.260 e. The zero-order valence-corrected chi connectivity index (χ0v) is 12.5. The van der Waals surface area contributed by atoms with Gasteiger partial charge in [0.15, 0.2) is 18.2 Å². The van der Waals surface area contributed by atoms with Crippen LogP contribution < -0.4 is 10.1 Å².